The number of amides is 4. The van der Waals surface area contributed by atoms with Crippen LogP contribution in [-0.2, 0) is 19.1 Å². The third kappa shape index (κ3) is 4.29. The van der Waals surface area contributed by atoms with Crippen molar-refractivity contribution in [3.8, 4) is 0 Å². The van der Waals surface area contributed by atoms with E-state index in [1.807, 2.05) is 30.3 Å². The van der Waals surface area contributed by atoms with Crippen LogP contribution in [0.1, 0.15) is 43.6 Å². The van der Waals surface area contributed by atoms with Gasteiger partial charge in [-0.25, -0.2) is 13.6 Å². The summed E-state index contributed by atoms with van der Waals surface area (Å²) in [6, 6.07) is 11.5. The maximum atomic E-state index is 14.8. The van der Waals surface area contributed by atoms with Crippen molar-refractivity contribution in [3.63, 3.8) is 0 Å². The minimum absolute atomic E-state index is 0.0237. The highest BCUT2D eigenvalue weighted by molar-refractivity contribution is 6.01. The molecule has 11 heteroatoms. The first-order valence-corrected chi connectivity index (χ1v) is 13.0. The zero-order chi connectivity index (χ0) is 27.5. The van der Waals surface area contributed by atoms with Gasteiger partial charge in [0.25, 0.3) is 0 Å². The normalized spacial score (nSPS) is 27.5. The number of benzene rings is 2. The average Bonchev–Trinajstić information content (AvgIpc) is 2.83. The minimum atomic E-state index is -1.05. The van der Waals surface area contributed by atoms with E-state index in [1.54, 1.807) is 16.8 Å². The molecule has 2 heterocycles. The van der Waals surface area contributed by atoms with Crippen molar-refractivity contribution in [2.24, 2.45) is 5.41 Å². The molecule has 0 aromatic heterocycles. The maximum absolute atomic E-state index is 14.8. The van der Waals surface area contributed by atoms with Crippen molar-refractivity contribution < 1.29 is 32.7 Å². The molecule has 0 radical (unpaired) electrons. The fourth-order valence-corrected chi connectivity index (χ4v) is 6.38. The van der Waals surface area contributed by atoms with Crippen LogP contribution in [0.3, 0.4) is 0 Å². The molecule has 3 aliphatic carbocycles. The molecule has 4 amide bonds. The number of nitrogens with one attached hydrogen (secondary N) is 2. The van der Waals surface area contributed by atoms with Crippen molar-refractivity contribution in [3.05, 3.63) is 59.7 Å². The van der Waals surface area contributed by atoms with Crippen LogP contribution in [0.4, 0.5) is 25.0 Å². The Kier molecular flexibility index (Phi) is 5.85. The molecule has 9 nitrogen and oxygen atoms in total. The van der Waals surface area contributed by atoms with E-state index in [2.05, 4.69) is 10.6 Å². The summed E-state index contributed by atoms with van der Waals surface area (Å²) in [5, 5.41) is 4.91. The van der Waals surface area contributed by atoms with Gasteiger partial charge in [0.15, 0.2) is 0 Å². The number of carbonyl (C=O) groups excluding carboxylic acids is 4. The minimum Gasteiger partial charge on any atom is -0.443 e. The number of para-hydroxylation sites is 1. The first-order chi connectivity index (χ1) is 18.6. The Hall–Kier alpha value is -4.02. The predicted molar refractivity (Wildman–Crippen MR) is 136 cm³/mol. The van der Waals surface area contributed by atoms with Crippen LogP contribution in [0.2, 0.25) is 0 Å². The SMILES string of the molecule is CN(C(=O)C12CC(OC(=O)NC3CN(c4cc(F)c(C5CCC(=O)NC5=O)c(F)c4)C3)(C1)C2)c1ccccc1. The van der Waals surface area contributed by atoms with Gasteiger partial charge in [-0.3, -0.25) is 19.7 Å². The Morgan fingerprint density at radius 2 is 1.72 bits per heavy atom. The van der Waals surface area contributed by atoms with Gasteiger partial charge in [0.05, 0.1) is 17.4 Å². The molecule has 2 bridgehead atoms. The molecule has 204 valence electrons. The zero-order valence-electron chi connectivity index (χ0n) is 21.3. The van der Waals surface area contributed by atoms with Gasteiger partial charge in [-0.05, 0) is 30.7 Å². The van der Waals surface area contributed by atoms with Crippen LogP contribution < -0.4 is 20.4 Å². The van der Waals surface area contributed by atoms with Crippen LogP contribution in [0.25, 0.3) is 0 Å². The third-order valence-corrected chi connectivity index (χ3v) is 8.41. The van der Waals surface area contributed by atoms with Gasteiger partial charge in [0.1, 0.15) is 17.2 Å². The van der Waals surface area contributed by atoms with E-state index in [4.69, 9.17) is 4.74 Å². The smallest absolute Gasteiger partial charge is 0.408 e. The second-order valence-corrected chi connectivity index (χ2v) is 11.2. The number of ether oxygens (including phenoxy) is 1. The van der Waals surface area contributed by atoms with Gasteiger partial charge in [-0.15, -0.1) is 0 Å². The molecule has 2 aliphatic heterocycles. The largest absolute Gasteiger partial charge is 0.443 e. The first kappa shape index (κ1) is 25.3. The summed E-state index contributed by atoms with van der Waals surface area (Å²) in [7, 11) is 1.75. The van der Waals surface area contributed by atoms with Crippen LogP contribution >= 0.6 is 0 Å². The molecule has 1 unspecified atom stereocenters. The monoisotopic (exact) mass is 538 g/mol. The maximum Gasteiger partial charge on any atom is 0.408 e. The molecule has 1 atom stereocenters. The Bertz CT molecular complexity index is 1330. The van der Waals surface area contributed by atoms with Crippen LogP contribution in [0.15, 0.2) is 42.5 Å². The lowest BCUT2D eigenvalue weighted by Gasteiger charge is -2.67. The Labute approximate surface area is 223 Å². The topological polar surface area (TPSA) is 108 Å². The number of nitrogens with zero attached hydrogens (tertiary/aromatic N) is 2. The molecule has 5 fully saturated rings. The number of anilines is 2. The Morgan fingerprint density at radius 3 is 2.33 bits per heavy atom. The van der Waals surface area contributed by atoms with Gasteiger partial charge in [-0.1, -0.05) is 18.2 Å². The molecule has 2 aromatic carbocycles. The Balaban J connectivity index is 0.985. The first-order valence-electron chi connectivity index (χ1n) is 13.0. The fraction of sp³-hybridized carbons (Fsp3) is 0.429. The number of rotatable bonds is 6. The lowest BCUT2D eigenvalue weighted by Crippen LogP contribution is -2.74. The van der Waals surface area contributed by atoms with Crippen molar-refractivity contribution in [2.75, 3.05) is 29.9 Å². The molecule has 39 heavy (non-hydrogen) atoms. The van der Waals surface area contributed by atoms with Crippen molar-refractivity contribution >= 4 is 35.2 Å². The van der Waals surface area contributed by atoms with Crippen LogP contribution in [0.5, 0.6) is 0 Å². The number of carbonyl (C=O) groups is 4. The molecular formula is C28H28F2N4O5. The molecule has 5 aliphatic rings. The highest BCUT2D eigenvalue weighted by Gasteiger charge is 2.74. The molecular weight excluding hydrogens is 510 g/mol. The van der Waals surface area contributed by atoms with Gasteiger partial charge < -0.3 is 19.9 Å². The molecule has 3 saturated carbocycles. The molecule has 2 N–H and O–H groups in total. The van der Waals surface area contributed by atoms with E-state index in [1.165, 1.54) is 12.1 Å². The van der Waals surface area contributed by atoms with Crippen LogP contribution in [0, 0.1) is 17.0 Å². The number of alkyl carbamates (subject to hydrolysis) is 1. The summed E-state index contributed by atoms with van der Waals surface area (Å²) >= 11 is 0. The second kappa shape index (κ2) is 9.03. The lowest BCUT2D eigenvalue weighted by molar-refractivity contribution is -0.246. The number of hydrogen-bond donors (Lipinski definition) is 2. The van der Waals surface area contributed by atoms with Crippen molar-refractivity contribution in [2.45, 2.75) is 49.7 Å². The molecule has 0 spiro atoms. The predicted octanol–water partition coefficient (Wildman–Crippen LogP) is 2.99. The fourth-order valence-electron chi connectivity index (χ4n) is 6.38. The van der Waals surface area contributed by atoms with Gasteiger partial charge in [-0.2, -0.15) is 0 Å². The Morgan fingerprint density at radius 1 is 1.08 bits per heavy atom. The van der Waals surface area contributed by atoms with Gasteiger partial charge >= 0.3 is 6.09 Å². The van der Waals surface area contributed by atoms with E-state index < -0.39 is 46.5 Å². The number of halogens is 2. The summed E-state index contributed by atoms with van der Waals surface area (Å²) in [5.41, 5.74) is -0.313. The van der Waals surface area contributed by atoms with E-state index >= 15 is 0 Å². The van der Waals surface area contributed by atoms with Crippen molar-refractivity contribution in [1.82, 2.24) is 10.6 Å². The second-order valence-electron chi connectivity index (χ2n) is 11.2. The molecule has 2 saturated heterocycles. The van der Waals surface area contributed by atoms with Gasteiger partial charge in [0, 0.05) is 62.8 Å². The quantitative estimate of drug-likeness (QED) is 0.548. The summed E-state index contributed by atoms with van der Waals surface area (Å²) in [5.74, 6) is -3.88. The standard InChI is InChI=1S/C28H28F2N4O5/c1-33(17-5-3-2-4-6-17)25(37)27-13-28(14-27,15-27)39-26(38)31-16-11-34(12-16)18-9-20(29)23(21(30)10-18)19-7-8-22(35)32-24(19)36/h2-6,9-10,16,19H,7-8,11-15H2,1H3,(H,31,38)(H,32,35,36). The summed E-state index contributed by atoms with van der Waals surface area (Å²) in [6.07, 6.45) is 1.00. The van der Waals surface area contributed by atoms with E-state index in [0.717, 1.165) is 5.69 Å². The summed E-state index contributed by atoms with van der Waals surface area (Å²) in [4.78, 5) is 52.3. The third-order valence-electron chi connectivity index (χ3n) is 8.41. The molecule has 2 aromatic rings. The van der Waals surface area contributed by atoms with Crippen LogP contribution in [-0.4, -0.2) is 55.6 Å². The highest BCUT2D eigenvalue weighted by Crippen LogP contribution is 2.69. The zero-order valence-corrected chi connectivity index (χ0v) is 21.3. The van der Waals surface area contributed by atoms with E-state index in [0.29, 0.717) is 38.0 Å². The number of piperidine rings is 1. The average molecular weight is 539 g/mol. The van der Waals surface area contributed by atoms with E-state index in [9.17, 15) is 28.0 Å². The molecule has 7 rings (SSSR count). The summed E-state index contributed by atoms with van der Waals surface area (Å²) in [6.45, 7) is 0.673. The number of hydrogen-bond acceptors (Lipinski definition) is 6. The summed E-state index contributed by atoms with van der Waals surface area (Å²) < 4.78 is 35.3. The lowest BCUT2D eigenvalue weighted by atomic mass is 9.40. The van der Waals surface area contributed by atoms with Gasteiger partial charge in [0.2, 0.25) is 17.7 Å². The van der Waals surface area contributed by atoms with E-state index in [-0.39, 0.29) is 30.4 Å². The van der Waals surface area contributed by atoms with Crippen molar-refractivity contribution in [1.29, 1.82) is 0 Å². The highest BCUT2D eigenvalue weighted by atomic mass is 19.1. The number of imide groups is 1.